The average Bonchev–Trinajstić information content (AvgIpc) is 2.84. The fourth-order valence-corrected chi connectivity index (χ4v) is 2.64. The van der Waals surface area contributed by atoms with Crippen LogP contribution in [0.3, 0.4) is 0 Å². The maximum atomic E-state index is 10.6. The molecule has 0 amide bonds. The SMILES string of the molecule is COc1ccc2cc(C(O)c3cc(C)oc3C)ccc2c1. The van der Waals surface area contributed by atoms with Crippen LogP contribution in [0.5, 0.6) is 5.75 Å². The summed E-state index contributed by atoms with van der Waals surface area (Å²) in [4.78, 5) is 0. The van der Waals surface area contributed by atoms with Crippen LogP contribution in [0.15, 0.2) is 46.9 Å². The highest BCUT2D eigenvalue weighted by Crippen LogP contribution is 2.30. The molecule has 0 aliphatic rings. The lowest BCUT2D eigenvalue weighted by Gasteiger charge is -2.11. The topological polar surface area (TPSA) is 42.6 Å². The van der Waals surface area contributed by atoms with Crippen molar-refractivity contribution in [1.29, 1.82) is 0 Å². The van der Waals surface area contributed by atoms with Gasteiger partial charge in [-0.1, -0.05) is 18.2 Å². The van der Waals surface area contributed by atoms with Gasteiger partial charge in [0.15, 0.2) is 0 Å². The van der Waals surface area contributed by atoms with Gasteiger partial charge in [0.05, 0.1) is 7.11 Å². The molecule has 0 aliphatic carbocycles. The number of rotatable bonds is 3. The van der Waals surface area contributed by atoms with Crippen molar-refractivity contribution in [3.05, 3.63) is 65.1 Å². The van der Waals surface area contributed by atoms with E-state index in [2.05, 4.69) is 0 Å². The summed E-state index contributed by atoms with van der Waals surface area (Å²) in [7, 11) is 1.66. The zero-order valence-corrected chi connectivity index (χ0v) is 12.4. The molecule has 0 radical (unpaired) electrons. The van der Waals surface area contributed by atoms with Crippen LogP contribution in [0.2, 0.25) is 0 Å². The number of aliphatic hydroxyl groups is 1. The zero-order valence-electron chi connectivity index (χ0n) is 12.4. The first-order valence-corrected chi connectivity index (χ1v) is 6.91. The summed E-state index contributed by atoms with van der Waals surface area (Å²) >= 11 is 0. The van der Waals surface area contributed by atoms with Gasteiger partial charge in [0.2, 0.25) is 0 Å². The second-order valence-electron chi connectivity index (χ2n) is 5.24. The molecule has 3 rings (SSSR count). The number of hydrogen-bond acceptors (Lipinski definition) is 3. The Morgan fingerprint density at radius 1 is 1.00 bits per heavy atom. The van der Waals surface area contributed by atoms with Crippen molar-refractivity contribution in [3.63, 3.8) is 0 Å². The standard InChI is InChI=1S/C18H18O3/c1-11-8-17(12(2)21-11)18(19)15-5-4-14-10-16(20-3)7-6-13(14)9-15/h4-10,18-19H,1-3H3. The Labute approximate surface area is 123 Å². The lowest BCUT2D eigenvalue weighted by molar-refractivity contribution is 0.218. The van der Waals surface area contributed by atoms with Gasteiger partial charge in [-0.2, -0.15) is 0 Å². The molecular weight excluding hydrogens is 264 g/mol. The highest BCUT2D eigenvalue weighted by molar-refractivity contribution is 5.84. The van der Waals surface area contributed by atoms with E-state index in [4.69, 9.17) is 9.15 Å². The molecule has 0 aliphatic heterocycles. The van der Waals surface area contributed by atoms with Crippen LogP contribution < -0.4 is 4.74 Å². The Kier molecular flexibility index (Phi) is 3.43. The molecule has 0 saturated heterocycles. The molecule has 0 bridgehead atoms. The fraction of sp³-hybridized carbons (Fsp3) is 0.222. The van der Waals surface area contributed by atoms with Gasteiger partial charge in [0.1, 0.15) is 23.4 Å². The number of aryl methyl sites for hydroxylation is 2. The second kappa shape index (κ2) is 5.26. The van der Waals surface area contributed by atoms with E-state index in [9.17, 15) is 5.11 Å². The average molecular weight is 282 g/mol. The van der Waals surface area contributed by atoms with Crippen molar-refractivity contribution in [2.24, 2.45) is 0 Å². The summed E-state index contributed by atoms with van der Waals surface area (Å²) in [5.74, 6) is 2.40. The molecule has 0 fully saturated rings. The lowest BCUT2D eigenvalue weighted by atomic mass is 9.98. The van der Waals surface area contributed by atoms with Crippen molar-refractivity contribution >= 4 is 10.8 Å². The summed E-state index contributed by atoms with van der Waals surface area (Å²) in [6.45, 7) is 3.76. The largest absolute Gasteiger partial charge is 0.497 e. The first-order chi connectivity index (χ1) is 10.1. The van der Waals surface area contributed by atoms with Gasteiger partial charge in [-0.3, -0.25) is 0 Å². The van der Waals surface area contributed by atoms with Crippen LogP contribution >= 0.6 is 0 Å². The van der Waals surface area contributed by atoms with Gasteiger partial charge in [-0.05, 0) is 54.4 Å². The molecule has 2 aromatic carbocycles. The van der Waals surface area contributed by atoms with Gasteiger partial charge in [-0.15, -0.1) is 0 Å². The Morgan fingerprint density at radius 3 is 2.38 bits per heavy atom. The molecule has 1 heterocycles. The Balaban J connectivity index is 2.02. The quantitative estimate of drug-likeness (QED) is 0.785. The predicted octanol–water partition coefficient (Wildman–Crippen LogP) is 4.14. The summed E-state index contributed by atoms with van der Waals surface area (Å²) in [6.07, 6.45) is -0.672. The smallest absolute Gasteiger partial charge is 0.119 e. The summed E-state index contributed by atoms with van der Waals surface area (Å²) in [6, 6.07) is 13.7. The number of methoxy groups -OCH3 is 1. The molecule has 3 heteroatoms. The van der Waals surface area contributed by atoms with Crippen LogP contribution in [-0.2, 0) is 0 Å². The minimum absolute atomic E-state index is 0.672. The molecule has 1 N–H and O–H groups in total. The molecule has 3 aromatic rings. The maximum absolute atomic E-state index is 10.6. The fourth-order valence-electron chi connectivity index (χ4n) is 2.64. The van der Waals surface area contributed by atoms with Crippen molar-refractivity contribution in [3.8, 4) is 5.75 Å². The van der Waals surface area contributed by atoms with E-state index in [1.165, 1.54) is 0 Å². The third kappa shape index (κ3) is 2.52. The van der Waals surface area contributed by atoms with Crippen LogP contribution in [0.1, 0.15) is 28.8 Å². The third-order valence-electron chi connectivity index (χ3n) is 3.76. The maximum Gasteiger partial charge on any atom is 0.119 e. The number of furan rings is 1. The third-order valence-corrected chi connectivity index (χ3v) is 3.76. The van der Waals surface area contributed by atoms with E-state index in [1.807, 2.05) is 56.3 Å². The minimum atomic E-state index is -0.672. The van der Waals surface area contributed by atoms with Crippen LogP contribution in [-0.4, -0.2) is 12.2 Å². The van der Waals surface area contributed by atoms with Crippen molar-refractivity contribution < 1.29 is 14.3 Å². The van der Waals surface area contributed by atoms with Crippen LogP contribution in [0.25, 0.3) is 10.8 Å². The normalized spacial score (nSPS) is 12.6. The van der Waals surface area contributed by atoms with Crippen molar-refractivity contribution in [2.75, 3.05) is 7.11 Å². The van der Waals surface area contributed by atoms with Gasteiger partial charge in [0.25, 0.3) is 0 Å². The van der Waals surface area contributed by atoms with Gasteiger partial charge >= 0.3 is 0 Å². The zero-order chi connectivity index (χ0) is 15.0. The van der Waals surface area contributed by atoms with Gasteiger partial charge < -0.3 is 14.3 Å². The monoisotopic (exact) mass is 282 g/mol. The molecule has 1 unspecified atom stereocenters. The molecule has 1 atom stereocenters. The van der Waals surface area contributed by atoms with Gasteiger partial charge in [0, 0.05) is 5.56 Å². The van der Waals surface area contributed by atoms with Crippen LogP contribution in [0.4, 0.5) is 0 Å². The lowest BCUT2D eigenvalue weighted by Crippen LogP contribution is -1.99. The first kappa shape index (κ1) is 13.7. The highest BCUT2D eigenvalue weighted by atomic mass is 16.5. The van der Waals surface area contributed by atoms with E-state index in [0.717, 1.165) is 39.2 Å². The number of aliphatic hydroxyl groups excluding tert-OH is 1. The molecule has 0 spiro atoms. The molecule has 108 valence electrons. The van der Waals surface area contributed by atoms with Crippen molar-refractivity contribution in [1.82, 2.24) is 0 Å². The molecule has 3 nitrogen and oxygen atoms in total. The van der Waals surface area contributed by atoms with Gasteiger partial charge in [-0.25, -0.2) is 0 Å². The van der Waals surface area contributed by atoms with E-state index in [1.54, 1.807) is 7.11 Å². The highest BCUT2D eigenvalue weighted by Gasteiger charge is 2.16. The Hall–Kier alpha value is -2.26. The Bertz CT molecular complexity index is 786. The van der Waals surface area contributed by atoms with Crippen molar-refractivity contribution in [2.45, 2.75) is 20.0 Å². The minimum Gasteiger partial charge on any atom is -0.497 e. The molecular formula is C18H18O3. The van der Waals surface area contributed by atoms with E-state index >= 15 is 0 Å². The number of fused-ring (bicyclic) bond motifs is 1. The van der Waals surface area contributed by atoms with E-state index in [0.29, 0.717) is 0 Å². The predicted molar refractivity (Wildman–Crippen MR) is 82.7 cm³/mol. The second-order valence-corrected chi connectivity index (χ2v) is 5.24. The number of benzene rings is 2. The molecule has 0 saturated carbocycles. The molecule has 21 heavy (non-hydrogen) atoms. The summed E-state index contributed by atoms with van der Waals surface area (Å²) in [5.41, 5.74) is 1.68. The van der Waals surface area contributed by atoms with E-state index < -0.39 is 6.10 Å². The summed E-state index contributed by atoms with van der Waals surface area (Å²) in [5, 5.41) is 12.7. The summed E-state index contributed by atoms with van der Waals surface area (Å²) < 4.78 is 10.7. The number of ether oxygens (including phenoxy) is 1. The van der Waals surface area contributed by atoms with Crippen LogP contribution in [0, 0.1) is 13.8 Å². The first-order valence-electron chi connectivity index (χ1n) is 6.91. The molecule has 1 aromatic heterocycles. The Morgan fingerprint density at radius 2 is 1.71 bits per heavy atom. The number of hydrogen-bond donors (Lipinski definition) is 1. The van der Waals surface area contributed by atoms with E-state index in [-0.39, 0.29) is 0 Å².